The first kappa shape index (κ1) is 21.5. The molecule has 1 saturated heterocycles. The first-order valence-electron chi connectivity index (χ1n) is 9.73. The Hall–Kier alpha value is -2.25. The van der Waals surface area contributed by atoms with Crippen molar-refractivity contribution in [2.24, 2.45) is 0 Å². The molecule has 0 aromatic heterocycles. The van der Waals surface area contributed by atoms with Gasteiger partial charge >= 0.3 is 0 Å². The van der Waals surface area contributed by atoms with E-state index in [0.717, 1.165) is 17.7 Å². The van der Waals surface area contributed by atoms with E-state index in [1.807, 2.05) is 24.3 Å². The first-order chi connectivity index (χ1) is 13.6. The van der Waals surface area contributed by atoms with Gasteiger partial charge in [-0.05, 0) is 53.6 Å². The lowest BCUT2D eigenvalue weighted by molar-refractivity contribution is -0.124. The Labute approximate surface area is 172 Å². The lowest BCUT2D eigenvalue weighted by atomic mass is 9.87. The number of carbonyl (C=O) groups is 1. The highest BCUT2D eigenvalue weighted by Gasteiger charge is 2.39. The Balaban J connectivity index is 1.68. The molecular weight excluding hydrogens is 391 g/mol. The van der Waals surface area contributed by atoms with E-state index in [1.54, 1.807) is 0 Å². The minimum absolute atomic E-state index is 0.00336. The Morgan fingerprint density at radius 3 is 2.31 bits per heavy atom. The van der Waals surface area contributed by atoms with Crippen molar-refractivity contribution in [3.05, 3.63) is 65.5 Å². The third-order valence-electron chi connectivity index (χ3n) is 5.21. The molecule has 5 nitrogen and oxygen atoms in total. The molecule has 1 fully saturated rings. The van der Waals surface area contributed by atoms with Crippen LogP contribution in [-0.4, -0.2) is 31.2 Å². The second-order valence-electron chi connectivity index (χ2n) is 8.39. The van der Waals surface area contributed by atoms with Crippen LogP contribution in [0, 0.1) is 5.82 Å². The quantitative estimate of drug-likeness (QED) is 0.807. The summed E-state index contributed by atoms with van der Waals surface area (Å²) in [6, 6.07) is 12.0. The fraction of sp³-hybridized carbons (Fsp3) is 0.409. The summed E-state index contributed by atoms with van der Waals surface area (Å²) >= 11 is 0. The number of hydrogen-bond donors (Lipinski definition) is 1. The zero-order chi connectivity index (χ0) is 21.2. The Morgan fingerprint density at radius 1 is 1.10 bits per heavy atom. The molecule has 1 amide bonds. The number of sulfonamides is 1. The van der Waals surface area contributed by atoms with E-state index in [2.05, 4.69) is 26.1 Å². The van der Waals surface area contributed by atoms with Crippen molar-refractivity contribution < 1.29 is 17.6 Å². The number of benzene rings is 2. The van der Waals surface area contributed by atoms with Crippen molar-refractivity contribution in [2.75, 3.05) is 6.54 Å². The maximum absolute atomic E-state index is 13.1. The summed E-state index contributed by atoms with van der Waals surface area (Å²) in [7, 11) is -3.85. The number of hydrogen-bond acceptors (Lipinski definition) is 3. The van der Waals surface area contributed by atoms with E-state index in [-0.39, 0.29) is 22.8 Å². The molecule has 0 spiro atoms. The highest BCUT2D eigenvalue weighted by Crippen LogP contribution is 2.27. The van der Waals surface area contributed by atoms with E-state index >= 15 is 0 Å². The van der Waals surface area contributed by atoms with Gasteiger partial charge in [-0.2, -0.15) is 4.31 Å². The third-order valence-corrected chi connectivity index (χ3v) is 7.14. The normalized spacial score (nSPS) is 18.0. The van der Waals surface area contributed by atoms with E-state index in [1.165, 1.54) is 22.0 Å². The van der Waals surface area contributed by atoms with Gasteiger partial charge in [0, 0.05) is 13.1 Å². The van der Waals surface area contributed by atoms with Crippen LogP contribution < -0.4 is 5.32 Å². The number of rotatable bonds is 5. The summed E-state index contributed by atoms with van der Waals surface area (Å²) in [5.41, 5.74) is 2.22. The highest BCUT2D eigenvalue weighted by atomic mass is 32.2. The van der Waals surface area contributed by atoms with Crippen molar-refractivity contribution in [3.63, 3.8) is 0 Å². The summed E-state index contributed by atoms with van der Waals surface area (Å²) in [4.78, 5) is 12.7. The number of amides is 1. The van der Waals surface area contributed by atoms with Crippen molar-refractivity contribution in [3.8, 4) is 0 Å². The fourth-order valence-electron chi connectivity index (χ4n) is 3.46. The minimum Gasteiger partial charge on any atom is -0.351 e. The average molecular weight is 419 g/mol. The van der Waals surface area contributed by atoms with Crippen LogP contribution in [0.3, 0.4) is 0 Å². The molecule has 1 atom stereocenters. The van der Waals surface area contributed by atoms with Crippen LogP contribution >= 0.6 is 0 Å². The summed E-state index contributed by atoms with van der Waals surface area (Å²) in [5.74, 6) is -0.815. The molecule has 0 aliphatic carbocycles. The van der Waals surface area contributed by atoms with Crippen LogP contribution in [0.4, 0.5) is 4.39 Å². The Morgan fingerprint density at radius 2 is 1.72 bits per heavy atom. The van der Waals surface area contributed by atoms with Crippen molar-refractivity contribution in [1.29, 1.82) is 0 Å². The van der Waals surface area contributed by atoms with E-state index in [4.69, 9.17) is 0 Å². The van der Waals surface area contributed by atoms with Crippen LogP contribution in [-0.2, 0) is 26.8 Å². The molecule has 29 heavy (non-hydrogen) atoms. The van der Waals surface area contributed by atoms with Crippen LogP contribution in [0.2, 0.25) is 0 Å². The molecule has 1 N–H and O–H groups in total. The van der Waals surface area contributed by atoms with Gasteiger partial charge in [-0.25, -0.2) is 12.8 Å². The molecule has 2 aromatic rings. The average Bonchev–Trinajstić information content (AvgIpc) is 3.17. The molecule has 0 saturated carbocycles. The van der Waals surface area contributed by atoms with Gasteiger partial charge in [0.1, 0.15) is 11.9 Å². The summed E-state index contributed by atoms with van der Waals surface area (Å²) in [6.07, 6.45) is 1.08. The molecule has 0 bridgehead atoms. The van der Waals surface area contributed by atoms with Crippen molar-refractivity contribution in [1.82, 2.24) is 9.62 Å². The molecular formula is C22H27FN2O3S. The third kappa shape index (κ3) is 4.85. The van der Waals surface area contributed by atoms with Gasteiger partial charge in [0.25, 0.3) is 0 Å². The predicted octanol–water partition coefficient (Wildman–Crippen LogP) is 3.59. The number of carbonyl (C=O) groups excluding carboxylic acids is 1. The van der Waals surface area contributed by atoms with Gasteiger partial charge < -0.3 is 5.32 Å². The maximum Gasteiger partial charge on any atom is 0.243 e. The highest BCUT2D eigenvalue weighted by molar-refractivity contribution is 7.89. The monoisotopic (exact) mass is 418 g/mol. The fourth-order valence-corrected chi connectivity index (χ4v) is 5.12. The largest absolute Gasteiger partial charge is 0.351 e. The predicted molar refractivity (Wildman–Crippen MR) is 110 cm³/mol. The van der Waals surface area contributed by atoms with E-state index < -0.39 is 21.9 Å². The molecule has 1 heterocycles. The van der Waals surface area contributed by atoms with Gasteiger partial charge in [-0.1, -0.05) is 45.0 Å². The number of halogens is 1. The molecule has 2 aromatic carbocycles. The van der Waals surface area contributed by atoms with Crippen LogP contribution in [0.1, 0.15) is 44.7 Å². The number of nitrogens with one attached hydrogen (secondary N) is 1. The van der Waals surface area contributed by atoms with E-state index in [0.29, 0.717) is 19.4 Å². The second-order valence-corrected chi connectivity index (χ2v) is 10.3. The zero-order valence-corrected chi connectivity index (χ0v) is 17.8. The first-order valence-corrected chi connectivity index (χ1v) is 11.2. The van der Waals surface area contributed by atoms with Gasteiger partial charge in [0.15, 0.2) is 0 Å². The number of nitrogens with zero attached hydrogens (tertiary/aromatic N) is 1. The SMILES string of the molecule is CC(C)(C)c1ccc(CNC(=O)C2CCCN2S(=O)(=O)c2ccc(F)cc2)cc1. The second kappa shape index (κ2) is 8.24. The Kier molecular flexibility index (Phi) is 6.10. The van der Waals surface area contributed by atoms with Crippen LogP contribution in [0.25, 0.3) is 0 Å². The summed E-state index contributed by atoms with van der Waals surface area (Å²) < 4.78 is 40.1. The van der Waals surface area contributed by atoms with Gasteiger partial charge in [-0.15, -0.1) is 0 Å². The standard InChI is InChI=1S/C22H27FN2O3S/c1-22(2,3)17-8-6-16(7-9-17)15-24-21(26)20-5-4-14-25(20)29(27,28)19-12-10-18(23)11-13-19/h6-13,20H,4-5,14-15H2,1-3H3,(H,24,26). The molecule has 156 valence electrons. The summed E-state index contributed by atoms with van der Waals surface area (Å²) in [6.45, 7) is 7.03. The Bertz CT molecular complexity index is 965. The van der Waals surface area contributed by atoms with E-state index in [9.17, 15) is 17.6 Å². The molecule has 0 radical (unpaired) electrons. The van der Waals surface area contributed by atoms with Crippen LogP contribution in [0.15, 0.2) is 53.4 Å². The lowest BCUT2D eigenvalue weighted by Crippen LogP contribution is -2.45. The van der Waals surface area contributed by atoms with Crippen molar-refractivity contribution >= 4 is 15.9 Å². The van der Waals surface area contributed by atoms with Crippen LogP contribution in [0.5, 0.6) is 0 Å². The zero-order valence-electron chi connectivity index (χ0n) is 17.0. The minimum atomic E-state index is -3.85. The molecule has 3 rings (SSSR count). The summed E-state index contributed by atoms with van der Waals surface area (Å²) in [5, 5.41) is 2.86. The molecule has 1 aliphatic rings. The smallest absolute Gasteiger partial charge is 0.243 e. The topological polar surface area (TPSA) is 66.5 Å². The maximum atomic E-state index is 13.1. The molecule has 1 aliphatic heterocycles. The van der Waals surface area contributed by atoms with Crippen molar-refractivity contribution in [2.45, 2.75) is 56.5 Å². The van der Waals surface area contributed by atoms with Gasteiger partial charge in [0.2, 0.25) is 15.9 Å². The molecule has 7 heteroatoms. The lowest BCUT2D eigenvalue weighted by Gasteiger charge is -2.23. The molecule has 1 unspecified atom stereocenters. The van der Waals surface area contributed by atoms with Gasteiger partial charge in [0.05, 0.1) is 4.90 Å². The van der Waals surface area contributed by atoms with Gasteiger partial charge in [-0.3, -0.25) is 4.79 Å².